The van der Waals surface area contributed by atoms with Gasteiger partial charge in [-0.15, -0.1) is 0 Å². The normalized spacial score (nSPS) is 11.6. The van der Waals surface area contributed by atoms with E-state index >= 15 is 0 Å². The van der Waals surface area contributed by atoms with Gasteiger partial charge in [0.1, 0.15) is 0 Å². The highest BCUT2D eigenvalue weighted by Crippen LogP contribution is 2.10. The molecule has 1 aromatic carbocycles. The summed E-state index contributed by atoms with van der Waals surface area (Å²) in [5.74, 6) is -0.205. The van der Waals surface area contributed by atoms with E-state index in [-0.39, 0.29) is 11.8 Å². The second-order valence-electron chi connectivity index (χ2n) is 4.58. The third kappa shape index (κ3) is 5.01. The van der Waals surface area contributed by atoms with Crippen LogP contribution in [0.3, 0.4) is 0 Å². The quantitative estimate of drug-likeness (QED) is 0.836. The van der Waals surface area contributed by atoms with Crippen molar-refractivity contribution in [3.63, 3.8) is 0 Å². The second kappa shape index (κ2) is 7.50. The molecule has 1 N–H and O–H groups in total. The second-order valence-corrected chi connectivity index (χ2v) is 4.58. The first-order valence-electron chi connectivity index (χ1n) is 6.37. The standard InChI is InChI=1S/C15H20N2O/c1-3-4-14(10-16)9-15(18)17-11-13-7-5-12(2)6-8-13/h5-8,14H,3-4,9,11H2,1-2H3,(H,17,18). The summed E-state index contributed by atoms with van der Waals surface area (Å²) in [7, 11) is 0. The summed E-state index contributed by atoms with van der Waals surface area (Å²) in [6, 6.07) is 10.2. The number of rotatable bonds is 6. The fraction of sp³-hybridized carbons (Fsp3) is 0.467. The Morgan fingerprint density at radius 2 is 2.06 bits per heavy atom. The lowest BCUT2D eigenvalue weighted by atomic mass is 10.0. The SMILES string of the molecule is CCCC(C#N)CC(=O)NCc1ccc(C)cc1. The molecule has 1 atom stereocenters. The topological polar surface area (TPSA) is 52.9 Å². The van der Waals surface area contributed by atoms with Crippen molar-refractivity contribution in [3.05, 3.63) is 35.4 Å². The van der Waals surface area contributed by atoms with Gasteiger partial charge in [0, 0.05) is 13.0 Å². The summed E-state index contributed by atoms with van der Waals surface area (Å²) in [4.78, 5) is 11.7. The molecule has 0 saturated heterocycles. The van der Waals surface area contributed by atoms with Gasteiger partial charge in [-0.05, 0) is 18.9 Å². The lowest BCUT2D eigenvalue weighted by Gasteiger charge is -2.08. The molecule has 1 aromatic rings. The van der Waals surface area contributed by atoms with Crippen LogP contribution in [-0.4, -0.2) is 5.91 Å². The number of hydrogen-bond acceptors (Lipinski definition) is 2. The Hall–Kier alpha value is -1.82. The van der Waals surface area contributed by atoms with Gasteiger partial charge in [0.2, 0.25) is 5.91 Å². The first-order chi connectivity index (χ1) is 8.65. The predicted octanol–water partition coefficient (Wildman–Crippen LogP) is 2.94. The first-order valence-corrected chi connectivity index (χ1v) is 6.37. The van der Waals surface area contributed by atoms with Gasteiger partial charge in [0.15, 0.2) is 0 Å². The van der Waals surface area contributed by atoms with Crippen molar-refractivity contribution in [1.82, 2.24) is 5.32 Å². The van der Waals surface area contributed by atoms with E-state index in [2.05, 4.69) is 11.4 Å². The summed E-state index contributed by atoms with van der Waals surface area (Å²) in [6.07, 6.45) is 2.02. The number of carbonyl (C=O) groups excluding carboxylic acids is 1. The van der Waals surface area contributed by atoms with Crippen LogP contribution in [0.25, 0.3) is 0 Å². The Bertz CT molecular complexity index is 417. The van der Waals surface area contributed by atoms with Gasteiger partial charge in [0.25, 0.3) is 0 Å². The van der Waals surface area contributed by atoms with Crippen molar-refractivity contribution in [3.8, 4) is 6.07 Å². The maximum atomic E-state index is 11.7. The number of nitriles is 1. The minimum atomic E-state index is -0.159. The van der Waals surface area contributed by atoms with Gasteiger partial charge in [-0.2, -0.15) is 5.26 Å². The molecule has 0 bridgehead atoms. The van der Waals surface area contributed by atoms with Crippen molar-refractivity contribution in [1.29, 1.82) is 5.26 Å². The van der Waals surface area contributed by atoms with Gasteiger partial charge in [0.05, 0.1) is 12.0 Å². The zero-order valence-electron chi connectivity index (χ0n) is 11.1. The molecule has 0 heterocycles. The molecule has 0 aliphatic carbocycles. The van der Waals surface area contributed by atoms with Crippen LogP contribution in [0, 0.1) is 24.2 Å². The van der Waals surface area contributed by atoms with E-state index in [0.29, 0.717) is 13.0 Å². The smallest absolute Gasteiger partial charge is 0.221 e. The largest absolute Gasteiger partial charge is 0.352 e. The van der Waals surface area contributed by atoms with Crippen molar-refractivity contribution >= 4 is 5.91 Å². The number of aryl methyl sites for hydroxylation is 1. The fourth-order valence-corrected chi connectivity index (χ4v) is 1.76. The maximum Gasteiger partial charge on any atom is 0.221 e. The van der Waals surface area contributed by atoms with E-state index in [0.717, 1.165) is 18.4 Å². The molecule has 18 heavy (non-hydrogen) atoms. The molecule has 0 saturated carbocycles. The molecular weight excluding hydrogens is 224 g/mol. The fourth-order valence-electron chi connectivity index (χ4n) is 1.76. The van der Waals surface area contributed by atoms with E-state index in [4.69, 9.17) is 5.26 Å². The third-order valence-electron chi connectivity index (χ3n) is 2.86. The van der Waals surface area contributed by atoms with Crippen LogP contribution in [0.15, 0.2) is 24.3 Å². The predicted molar refractivity (Wildman–Crippen MR) is 71.7 cm³/mol. The number of nitrogens with one attached hydrogen (secondary N) is 1. The Kier molecular flexibility index (Phi) is 5.93. The highest BCUT2D eigenvalue weighted by atomic mass is 16.1. The van der Waals surface area contributed by atoms with E-state index in [1.165, 1.54) is 5.56 Å². The number of benzene rings is 1. The average molecular weight is 244 g/mol. The Balaban J connectivity index is 2.37. The molecule has 0 aliphatic rings. The molecule has 96 valence electrons. The van der Waals surface area contributed by atoms with Crippen molar-refractivity contribution in [2.24, 2.45) is 5.92 Å². The minimum absolute atomic E-state index is 0.0458. The van der Waals surface area contributed by atoms with Crippen LogP contribution in [0.4, 0.5) is 0 Å². The zero-order valence-corrected chi connectivity index (χ0v) is 11.1. The molecule has 1 unspecified atom stereocenters. The zero-order chi connectivity index (χ0) is 13.4. The highest BCUT2D eigenvalue weighted by Gasteiger charge is 2.11. The summed E-state index contributed by atoms with van der Waals surface area (Å²) in [5, 5.41) is 11.7. The van der Waals surface area contributed by atoms with Gasteiger partial charge >= 0.3 is 0 Å². The Labute approximate surface area is 109 Å². The van der Waals surface area contributed by atoms with Gasteiger partial charge in [-0.25, -0.2) is 0 Å². The molecule has 1 amide bonds. The Morgan fingerprint density at radius 1 is 1.39 bits per heavy atom. The molecule has 0 aromatic heterocycles. The van der Waals surface area contributed by atoms with E-state index in [9.17, 15) is 4.79 Å². The number of hydrogen-bond donors (Lipinski definition) is 1. The summed E-state index contributed by atoms with van der Waals surface area (Å²) < 4.78 is 0. The molecule has 0 radical (unpaired) electrons. The highest BCUT2D eigenvalue weighted by molar-refractivity contribution is 5.76. The lowest BCUT2D eigenvalue weighted by molar-refractivity contribution is -0.121. The van der Waals surface area contributed by atoms with Gasteiger partial charge in [-0.3, -0.25) is 4.79 Å². The maximum absolute atomic E-state index is 11.7. The van der Waals surface area contributed by atoms with Crippen molar-refractivity contribution in [2.45, 2.75) is 39.7 Å². The van der Waals surface area contributed by atoms with Crippen LogP contribution >= 0.6 is 0 Å². The number of amides is 1. The average Bonchev–Trinajstić information content (AvgIpc) is 2.37. The summed E-state index contributed by atoms with van der Waals surface area (Å²) >= 11 is 0. The Morgan fingerprint density at radius 3 is 2.61 bits per heavy atom. The van der Waals surface area contributed by atoms with Crippen LogP contribution in [0.2, 0.25) is 0 Å². The first kappa shape index (κ1) is 14.2. The monoisotopic (exact) mass is 244 g/mol. The van der Waals surface area contributed by atoms with Gasteiger partial charge < -0.3 is 5.32 Å². The van der Waals surface area contributed by atoms with Crippen LogP contribution in [-0.2, 0) is 11.3 Å². The number of nitrogens with zero attached hydrogens (tertiary/aromatic N) is 1. The van der Waals surface area contributed by atoms with Crippen molar-refractivity contribution < 1.29 is 4.79 Å². The number of carbonyl (C=O) groups is 1. The molecule has 3 nitrogen and oxygen atoms in total. The summed E-state index contributed by atoms with van der Waals surface area (Å²) in [6.45, 7) is 4.59. The van der Waals surface area contributed by atoms with E-state index in [1.807, 2.05) is 38.1 Å². The third-order valence-corrected chi connectivity index (χ3v) is 2.86. The van der Waals surface area contributed by atoms with E-state index in [1.54, 1.807) is 0 Å². The van der Waals surface area contributed by atoms with Crippen LogP contribution in [0.1, 0.15) is 37.3 Å². The minimum Gasteiger partial charge on any atom is -0.352 e. The van der Waals surface area contributed by atoms with Gasteiger partial charge in [-0.1, -0.05) is 43.2 Å². The van der Waals surface area contributed by atoms with Crippen LogP contribution in [0.5, 0.6) is 0 Å². The molecule has 0 aliphatic heterocycles. The lowest BCUT2D eigenvalue weighted by Crippen LogP contribution is -2.24. The molecule has 1 rings (SSSR count). The molecule has 0 fully saturated rings. The van der Waals surface area contributed by atoms with Crippen LogP contribution < -0.4 is 5.32 Å². The molecular formula is C15H20N2O. The summed E-state index contributed by atoms with van der Waals surface area (Å²) in [5.41, 5.74) is 2.29. The molecule has 3 heteroatoms. The molecule has 0 spiro atoms. The van der Waals surface area contributed by atoms with Crippen molar-refractivity contribution in [2.75, 3.05) is 0 Å². The van der Waals surface area contributed by atoms with E-state index < -0.39 is 0 Å².